The van der Waals surface area contributed by atoms with Gasteiger partial charge in [0.2, 0.25) is 5.78 Å². The van der Waals surface area contributed by atoms with Crippen molar-refractivity contribution in [3.63, 3.8) is 0 Å². The van der Waals surface area contributed by atoms with E-state index in [9.17, 15) is 4.79 Å². The summed E-state index contributed by atoms with van der Waals surface area (Å²) in [7, 11) is 3.15. The number of hydrogen-bond donors (Lipinski definition) is 0. The molecule has 0 amide bonds. The number of ether oxygens (including phenoxy) is 4. The highest BCUT2D eigenvalue weighted by Crippen LogP contribution is 2.36. The van der Waals surface area contributed by atoms with Gasteiger partial charge >= 0.3 is 0 Å². The van der Waals surface area contributed by atoms with Crippen molar-refractivity contribution in [2.45, 2.75) is 6.92 Å². The van der Waals surface area contributed by atoms with Crippen LogP contribution in [0.25, 0.3) is 6.08 Å². The van der Waals surface area contributed by atoms with E-state index in [-0.39, 0.29) is 11.5 Å². The number of Topliss-reactive ketones (excluding diaryl/α,β-unsaturated/α-hetero) is 1. The molecule has 26 heavy (non-hydrogen) atoms. The van der Waals surface area contributed by atoms with Gasteiger partial charge in [0.15, 0.2) is 5.76 Å². The third kappa shape index (κ3) is 3.57. The molecule has 2 aromatic rings. The Kier molecular flexibility index (Phi) is 4.98. The van der Waals surface area contributed by atoms with Crippen LogP contribution in [-0.2, 0) is 0 Å². The molecule has 0 N–H and O–H groups in total. The van der Waals surface area contributed by atoms with Gasteiger partial charge in [-0.1, -0.05) is 6.58 Å². The van der Waals surface area contributed by atoms with Crippen LogP contribution >= 0.6 is 0 Å². The van der Waals surface area contributed by atoms with Gasteiger partial charge in [-0.3, -0.25) is 4.79 Å². The van der Waals surface area contributed by atoms with Crippen molar-refractivity contribution in [3.8, 4) is 23.0 Å². The fourth-order valence-corrected chi connectivity index (χ4v) is 2.56. The van der Waals surface area contributed by atoms with E-state index >= 15 is 0 Å². The average molecular weight is 352 g/mol. The SMILES string of the molecule is C=C(C)COc1ccc2c(c1)O/C(=C\c1cc(OC)ccc1OC)C2=O. The van der Waals surface area contributed by atoms with E-state index in [1.54, 1.807) is 56.7 Å². The largest absolute Gasteiger partial charge is 0.497 e. The second-order valence-corrected chi connectivity index (χ2v) is 5.95. The lowest BCUT2D eigenvalue weighted by molar-refractivity contribution is 0.101. The van der Waals surface area contributed by atoms with Crippen LogP contribution in [-0.4, -0.2) is 26.6 Å². The van der Waals surface area contributed by atoms with E-state index in [2.05, 4.69) is 6.58 Å². The van der Waals surface area contributed by atoms with Gasteiger partial charge in [-0.15, -0.1) is 0 Å². The number of carbonyl (C=O) groups excluding carboxylic acids is 1. The molecular weight excluding hydrogens is 332 g/mol. The number of carbonyl (C=O) groups is 1. The monoisotopic (exact) mass is 352 g/mol. The number of hydrogen-bond acceptors (Lipinski definition) is 5. The summed E-state index contributed by atoms with van der Waals surface area (Å²) in [5.74, 6) is 2.43. The van der Waals surface area contributed by atoms with Gasteiger partial charge in [-0.05, 0) is 48.9 Å². The first-order valence-corrected chi connectivity index (χ1v) is 8.09. The smallest absolute Gasteiger partial charge is 0.231 e. The molecule has 0 saturated heterocycles. The van der Waals surface area contributed by atoms with Gasteiger partial charge in [-0.25, -0.2) is 0 Å². The molecule has 0 aliphatic carbocycles. The summed E-state index contributed by atoms with van der Waals surface area (Å²) < 4.78 is 21.9. The Hall–Kier alpha value is -3.21. The van der Waals surface area contributed by atoms with Crippen LogP contribution in [0.1, 0.15) is 22.8 Å². The molecule has 1 aliphatic heterocycles. The average Bonchev–Trinajstić information content (AvgIpc) is 2.95. The lowest BCUT2D eigenvalue weighted by Crippen LogP contribution is -1.99. The second kappa shape index (κ2) is 7.35. The number of rotatable bonds is 6. The van der Waals surface area contributed by atoms with E-state index in [0.29, 0.717) is 40.7 Å². The molecule has 0 atom stereocenters. The topological polar surface area (TPSA) is 54.0 Å². The highest BCUT2D eigenvalue weighted by Gasteiger charge is 2.28. The summed E-state index contributed by atoms with van der Waals surface area (Å²) in [4.78, 5) is 12.6. The van der Waals surface area contributed by atoms with E-state index in [1.165, 1.54) is 0 Å². The summed E-state index contributed by atoms with van der Waals surface area (Å²) >= 11 is 0. The van der Waals surface area contributed by atoms with Gasteiger partial charge in [0.05, 0.1) is 19.8 Å². The van der Waals surface area contributed by atoms with Crippen molar-refractivity contribution in [3.05, 3.63) is 65.4 Å². The third-order valence-corrected chi connectivity index (χ3v) is 3.85. The molecule has 5 heteroatoms. The molecular formula is C21H20O5. The van der Waals surface area contributed by atoms with Crippen molar-refractivity contribution in [1.29, 1.82) is 0 Å². The quantitative estimate of drug-likeness (QED) is 0.574. The summed E-state index contributed by atoms with van der Waals surface area (Å²) in [5, 5.41) is 0. The molecule has 0 unspecified atom stereocenters. The molecule has 0 aromatic heterocycles. The predicted octanol–water partition coefficient (Wildman–Crippen LogP) is 4.27. The van der Waals surface area contributed by atoms with Gasteiger partial charge < -0.3 is 18.9 Å². The van der Waals surface area contributed by atoms with Crippen molar-refractivity contribution >= 4 is 11.9 Å². The van der Waals surface area contributed by atoms with E-state index in [4.69, 9.17) is 18.9 Å². The van der Waals surface area contributed by atoms with Crippen molar-refractivity contribution < 1.29 is 23.7 Å². The number of methoxy groups -OCH3 is 2. The number of fused-ring (bicyclic) bond motifs is 1. The van der Waals surface area contributed by atoms with Gasteiger partial charge in [-0.2, -0.15) is 0 Å². The minimum absolute atomic E-state index is 0.184. The lowest BCUT2D eigenvalue weighted by Gasteiger charge is -2.08. The maximum Gasteiger partial charge on any atom is 0.231 e. The molecule has 0 spiro atoms. The van der Waals surface area contributed by atoms with Crippen LogP contribution in [0.3, 0.4) is 0 Å². The summed E-state index contributed by atoms with van der Waals surface area (Å²) in [6.45, 7) is 6.10. The first kappa shape index (κ1) is 17.6. The summed E-state index contributed by atoms with van der Waals surface area (Å²) in [6, 6.07) is 10.5. The maximum absolute atomic E-state index is 12.6. The summed E-state index contributed by atoms with van der Waals surface area (Å²) in [5.41, 5.74) is 2.11. The van der Waals surface area contributed by atoms with Crippen LogP contribution in [0, 0.1) is 0 Å². The lowest BCUT2D eigenvalue weighted by atomic mass is 10.1. The highest BCUT2D eigenvalue weighted by molar-refractivity contribution is 6.14. The van der Waals surface area contributed by atoms with Crippen molar-refractivity contribution in [2.75, 3.05) is 20.8 Å². The molecule has 2 aromatic carbocycles. The number of benzene rings is 2. The van der Waals surface area contributed by atoms with Crippen LogP contribution < -0.4 is 18.9 Å². The number of ketones is 1. The van der Waals surface area contributed by atoms with E-state index < -0.39 is 0 Å². The first-order chi connectivity index (χ1) is 12.5. The Morgan fingerprint density at radius 3 is 2.58 bits per heavy atom. The molecule has 0 radical (unpaired) electrons. The fraction of sp³-hybridized carbons (Fsp3) is 0.190. The first-order valence-electron chi connectivity index (χ1n) is 8.09. The minimum Gasteiger partial charge on any atom is -0.497 e. The zero-order valence-electron chi connectivity index (χ0n) is 15.0. The predicted molar refractivity (Wildman–Crippen MR) is 99.2 cm³/mol. The molecule has 0 saturated carbocycles. The maximum atomic E-state index is 12.6. The highest BCUT2D eigenvalue weighted by atomic mass is 16.5. The molecule has 1 aliphatic rings. The fourth-order valence-electron chi connectivity index (χ4n) is 2.56. The second-order valence-electron chi connectivity index (χ2n) is 5.95. The minimum atomic E-state index is -0.184. The third-order valence-electron chi connectivity index (χ3n) is 3.85. The molecule has 134 valence electrons. The Morgan fingerprint density at radius 2 is 1.88 bits per heavy atom. The number of allylic oxidation sites excluding steroid dienone is 1. The van der Waals surface area contributed by atoms with E-state index in [1.807, 2.05) is 6.92 Å². The van der Waals surface area contributed by atoms with E-state index in [0.717, 1.165) is 5.57 Å². The van der Waals surface area contributed by atoms with Crippen LogP contribution in [0.5, 0.6) is 23.0 Å². The Balaban J connectivity index is 1.90. The normalized spacial score (nSPS) is 14.0. The Morgan fingerprint density at radius 1 is 1.12 bits per heavy atom. The van der Waals surface area contributed by atoms with Gasteiger partial charge in [0.1, 0.15) is 29.6 Å². The molecule has 3 rings (SSSR count). The van der Waals surface area contributed by atoms with Crippen molar-refractivity contribution in [1.82, 2.24) is 0 Å². The molecule has 5 nitrogen and oxygen atoms in total. The molecule has 0 bridgehead atoms. The Labute approximate surface area is 152 Å². The zero-order chi connectivity index (χ0) is 18.7. The van der Waals surface area contributed by atoms with Crippen LogP contribution in [0.2, 0.25) is 0 Å². The van der Waals surface area contributed by atoms with Gasteiger partial charge in [0.25, 0.3) is 0 Å². The van der Waals surface area contributed by atoms with Crippen molar-refractivity contribution in [2.24, 2.45) is 0 Å². The standard InChI is InChI=1S/C21H20O5/c1-13(2)12-25-16-5-7-17-19(11-16)26-20(21(17)22)10-14-9-15(23-3)6-8-18(14)24-4/h5-11H,1,12H2,2-4H3/b20-10-. The van der Waals surface area contributed by atoms with Gasteiger partial charge in [0, 0.05) is 11.6 Å². The Bertz CT molecular complexity index is 895. The van der Waals surface area contributed by atoms with Crippen LogP contribution in [0.15, 0.2) is 54.3 Å². The molecule has 0 fully saturated rings. The summed E-state index contributed by atoms with van der Waals surface area (Å²) in [6.07, 6.45) is 1.65. The zero-order valence-corrected chi connectivity index (χ0v) is 15.0. The van der Waals surface area contributed by atoms with Crippen LogP contribution in [0.4, 0.5) is 0 Å². The molecule has 1 heterocycles.